The molecule has 1 amide bonds. The molecule has 4 heterocycles. The number of hydrogen-bond donors (Lipinski definition) is 0. The Kier molecular flexibility index (Phi) is 5.34. The molecule has 1 aromatic carbocycles. The van der Waals surface area contributed by atoms with Crippen LogP contribution in [0.1, 0.15) is 21.7 Å². The molecule has 9 nitrogen and oxygen atoms in total. The third kappa shape index (κ3) is 3.84. The summed E-state index contributed by atoms with van der Waals surface area (Å²) in [6.07, 6.45) is 2.27. The molecular weight excluding hydrogens is 404 g/mol. The van der Waals surface area contributed by atoms with Crippen molar-refractivity contribution in [3.05, 3.63) is 47.4 Å². The lowest BCUT2D eigenvalue weighted by Gasteiger charge is -2.35. The van der Waals surface area contributed by atoms with E-state index < -0.39 is 0 Å². The normalized spacial score (nSPS) is 16.8. The van der Waals surface area contributed by atoms with Crippen molar-refractivity contribution < 1.29 is 4.79 Å². The van der Waals surface area contributed by atoms with Gasteiger partial charge in [-0.25, -0.2) is 9.97 Å². The van der Waals surface area contributed by atoms with Gasteiger partial charge in [-0.1, -0.05) is 12.1 Å². The second-order valence-electron chi connectivity index (χ2n) is 8.68. The Morgan fingerprint density at radius 2 is 1.72 bits per heavy atom. The zero-order valence-electron chi connectivity index (χ0n) is 18.8. The highest BCUT2D eigenvalue weighted by atomic mass is 16.2. The number of benzene rings is 1. The smallest absolute Gasteiger partial charge is 0.274 e. The summed E-state index contributed by atoms with van der Waals surface area (Å²) in [5.74, 6) is 1.56. The van der Waals surface area contributed by atoms with Crippen LogP contribution in [0.3, 0.4) is 0 Å². The number of anilines is 2. The fourth-order valence-corrected chi connectivity index (χ4v) is 4.30. The summed E-state index contributed by atoms with van der Waals surface area (Å²) in [6, 6.07) is 7.59. The van der Waals surface area contributed by atoms with Gasteiger partial charge in [0.1, 0.15) is 11.5 Å². The Morgan fingerprint density at radius 3 is 2.47 bits per heavy atom. The lowest BCUT2D eigenvalue weighted by Crippen LogP contribution is -2.45. The van der Waals surface area contributed by atoms with Crippen molar-refractivity contribution in [3.8, 4) is 0 Å². The van der Waals surface area contributed by atoms with Crippen LogP contribution < -0.4 is 9.80 Å². The summed E-state index contributed by atoms with van der Waals surface area (Å²) in [5.41, 5.74) is 3.93. The molecule has 3 aromatic rings. The Balaban J connectivity index is 1.42. The van der Waals surface area contributed by atoms with Gasteiger partial charge in [0.05, 0.1) is 29.5 Å². The molecule has 1 fully saturated rings. The van der Waals surface area contributed by atoms with Crippen molar-refractivity contribution in [2.45, 2.75) is 13.0 Å². The zero-order valence-corrected chi connectivity index (χ0v) is 18.8. The molecule has 0 bridgehead atoms. The van der Waals surface area contributed by atoms with E-state index in [9.17, 15) is 4.79 Å². The molecule has 0 atom stereocenters. The number of nitrogens with zero attached hydrogens (tertiary/aromatic N) is 8. The molecule has 0 radical (unpaired) electrons. The van der Waals surface area contributed by atoms with Gasteiger partial charge in [-0.2, -0.15) is 4.98 Å². The average molecular weight is 433 g/mol. The minimum Gasteiger partial charge on any atom is -0.362 e. The quantitative estimate of drug-likeness (QED) is 0.615. The number of likely N-dealkylation sites (N-methyl/N-ethyl adjacent to an activating group) is 1. The van der Waals surface area contributed by atoms with Crippen LogP contribution >= 0.6 is 0 Å². The third-order valence-corrected chi connectivity index (χ3v) is 6.19. The maximum Gasteiger partial charge on any atom is 0.274 e. The Labute approximate surface area is 187 Å². The van der Waals surface area contributed by atoms with Gasteiger partial charge < -0.3 is 19.6 Å². The summed E-state index contributed by atoms with van der Waals surface area (Å²) in [4.78, 5) is 40.4. The monoisotopic (exact) mass is 432 g/mol. The highest BCUT2D eigenvalue weighted by Crippen LogP contribution is 2.29. The predicted octanol–water partition coefficient (Wildman–Crippen LogP) is 1.44. The molecule has 0 unspecified atom stereocenters. The van der Waals surface area contributed by atoms with Crippen LogP contribution in [0.5, 0.6) is 0 Å². The number of carbonyl (C=O) groups is 1. The van der Waals surface area contributed by atoms with Gasteiger partial charge in [-0.15, -0.1) is 0 Å². The molecule has 2 aliphatic rings. The van der Waals surface area contributed by atoms with Gasteiger partial charge in [0.15, 0.2) is 0 Å². The first-order valence-electron chi connectivity index (χ1n) is 11.0. The van der Waals surface area contributed by atoms with Crippen LogP contribution in [0.2, 0.25) is 0 Å². The van der Waals surface area contributed by atoms with E-state index in [1.54, 1.807) is 6.20 Å². The van der Waals surface area contributed by atoms with Crippen molar-refractivity contribution >= 4 is 28.7 Å². The van der Waals surface area contributed by atoms with Gasteiger partial charge in [0.2, 0.25) is 5.95 Å². The van der Waals surface area contributed by atoms with Gasteiger partial charge in [-0.05, 0) is 19.2 Å². The van der Waals surface area contributed by atoms with E-state index in [1.807, 2.05) is 48.2 Å². The first-order valence-corrected chi connectivity index (χ1v) is 11.0. The molecule has 9 heteroatoms. The second-order valence-corrected chi connectivity index (χ2v) is 8.68. The molecule has 2 aromatic heterocycles. The summed E-state index contributed by atoms with van der Waals surface area (Å²) >= 11 is 0. The molecule has 0 saturated carbocycles. The number of fused-ring (bicyclic) bond motifs is 2. The van der Waals surface area contributed by atoms with E-state index in [-0.39, 0.29) is 5.91 Å². The Morgan fingerprint density at radius 1 is 0.969 bits per heavy atom. The van der Waals surface area contributed by atoms with E-state index in [1.165, 1.54) is 0 Å². The Bertz CT molecular complexity index is 1160. The first-order chi connectivity index (χ1) is 15.5. The van der Waals surface area contributed by atoms with Crippen LogP contribution in [0, 0.1) is 0 Å². The maximum absolute atomic E-state index is 13.2. The van der Waals surface area contributed by atoms with Crippen molar-refractivity contribution in [2.24, 2.45) is 0 Å². The minimum atomic E-state index is -0.109. The van der Waals surface area contributed by atoms with Crippen molar-refractivity contribution in [3.63, 3.8) is 0 Å². The highest BCUT2D eigenvalue weighted by Gasteiger charge is 2.29. The third-order valence-electron chi connectivity index (χ3n) is 6.19. The van der Waals surface area contributed by atoms with E-state index >= 15 is 0 Å². The van der Waals surface area contributed by atoms with E-state index in [2.05, 4.69) is 26.8 Å². The van der Waals surface area contributed by atoms with Gasteiger partial charge in [0, 0.05) is 58.8 Å². The zero-order chi connectivity index (χ0) is 22.2. The fourth-order valence-electron chi connectivity index (χ4n) is 4.30. The number of para-hydroxylation sites is 2. The van der Waals surface area contributed by atoms with Crippen molar-refractivity contribution in [1.82, 2.24) is 29.7 Å². The van der Waals surface area contributed by atoms with Crippen LogP contribution in [0.4, 0.5) is 11.8 Å². The molecular formula is C23H28N8O. The molecule has 0 N–H and O–H groups in total. The second kappa shape index (κ2) is 8.31. The fraction of sp³-hybridized carbons (Fsp3) is 0.435. The van der Waals surface area contributed by atoms with Gasteiger partial charge >= 0.3 is 0 Å². The summed E-state index contributed by atoms with van der Waals surface area (Å²) in [6.45, 7) is 4.94. The highest BCUT2D eigenvalue weighted by molar-refractivity contribution is 5.94. The molecule has 2 aliphatic heterocycles. The number of rotatable bonds is 3. The molecule has 32 heavy (non-hydrogen) atoms. The average Bonchev–Trinajstić information content (AvgIpc) is 2.82. The SMILES string of the molecule is CN1CCN(c2nc3c(c(N(C)C)n2)CN(C(=O)c2cnc4ccccc4n2)CC3)CC1. The summed E-state index contributed by atoms with van der Waals surface area (Å²) in [7, 11) is 6.12. The Hall–Kier alpha value is -3.33. The summed E-state index contributed by atoms with van der Waals surface area (Å²) < 4.78 is 0. The molecule has 166 valence electrons. The number of hydrogen-bond acceptors (Lipinski definition) is 8. The first kappa shape index (κ1) is 20.6. The number of aromatic nitrogens is 4. The lowest BCUT2D eigenvalue weighted by molar-refractivity contribution is 0.0727. The largest absolute Gasteiger partial charge is 0.362 e. The minimum absolute atomic E-state index is 0.109. The van der Waals surface area contributed by atoms with E-state index in [4.69, 9.17) is 9.97 Å². The number of piperazine rings is 1. The lowest BCUT2D eigenvalue weighted by atomic mass is 10.1. The van der Waals surface area contributed by atoms with Crippen LogP contribution in [-0.4, -0.2) is 89.5 Å². The topological polar surface area (TPSA) is 81.6 Å². The van der Waals surface area contributed by atoms with Crippen molar-refractivity contribution in [1.29, 1.82) is 0 Å². The predicted molar refractivity (Wildman–Crippen MR) is 124 cm³/mol. The van der Waals surface area contributed by atoms with Crippen molar-refractivity contribution in [2.75, 3.05) is 63.7 Å². The maximum atomic E-state index is 13.2. The van der Waals surface area contributed by atoms with Crippen LogP contribution in [0.25, 0.3) is 11.0 Å². The number of carbonyl (C=O) groups excluding carboxylic acids is 1. The van der Waals surface area contributed by atoms with E-state index in [0.717, 1.165) is 60.2 Å². The molecule has 0 spiro atoms. The standard InChI is InChI=1S/C23H28N8O/c1-28(2)21-16-15-31(22(32)20-14-24-18-6-4-5-7-19(18)25-20)9-8-17(16)26-23(27-21)30-12-10-29(3)11-13-30/h4-7,14H,8-13,15H2,1-3H3. The number of amides is 1. The molecule has 0 aliphatic carbocycles. The van der Waals surface area contributed by atoms with E-state index in [0.29, 0.717) is 25.2 Å². The van der Waals surface area contributed by atoms with Gasteiger partial charge in [-0.3, -0.25) is 9.78 Å². The van der Waals surface area contributed by atoms with Gasteiger partial charge in [0.25, 0.3) is 5.91 Å². The molecule has 5 rings (SSSR count). The molecule has 1 saturated heterocycles. The van der Waals surface area contributed by atoms with Crippen LogP contribution in [0.15, 0.2) is 30.5 Å². The summed E-state index contributed by atoms with van der Waals surface area (Å²) in [5, 5.41) is 0. The van der Waals surface area contributed by atoms with Crippen LogP contribution in [-0.2, 0) is 13.0 Å².